The summed E-state index contributed by atoms with van der Waals surface area (Å²) in [6.07, 6.45) is -3.22. The second-order valence-electron chi connectivity index (χ2n) is 2.66. The number of hydrogen-bond donors (Lipinski definition) is 0. The second-order valence-corrected chi connectivity index (χ2v) is 3.82. The van der Waals surface area contributed by atoms with E-state index in [-0.39, 0.29) is 5.69 Å². The van der Waals surface area contributed by atoms with Crippen LogP contribution >= 0.6 is 23.2 Å². The Morgan fingerprint density at radius 1 is 1.27 bits per heavy atom. The highest BCUT2D eigenvalue weighted by Crippen LogP contribution is 2.31. The van der Waals surface area contributed by atoms with Crippen LogP contribution in [0.2, 0.25) is 0 Å². The largest absolute Gasteiger partial charge is 0.416 e. The van der Waals surface area contributed by atoms with Gasteiger partial charge in [0.2, 0.25) is 0 Å². The minimum absolute atomic E-state index is 0.163. The van der Waals surface area contributed by atoms with Gasteiger partial charge in [0.15, 0.2) is 0 Å². The van der Waals surface area contributed by atoms with Gasteiger partial charge in [0.25, 0.3) is 0 Å². The first-order valence-electron chi connectivity index (χ1n) is 3.89. The Morgan fingerprint density at radius 2 is 1.93 bits per heavy atom. The predicted molar refractivity (Wildman–Crippen MR) is 55.1 cm³/mol. The van der Waals surface area contributed by atoms with E-state index < -0.39 is 16.6 Å². The number of hydrogen-bond acceptors (Lipinski definition) is 1. The smallest absolute Gasteiger partial charge is 0.258 e. The number of rotatable bonds is 2. The van der Waals surface area contributed by atoms with E-state index in [2.05, 4.69) is 4.99 Å². The zero-order valence-electron chi connectivity index (χ0n) is 7.30. The van der Waals surface area contributed by atoms with E-state index in [1.807, 2.05) is 0 Å². The van der Waals surface area contributed by atoms with E-state index in [1.54, 1.807) is 0 Å². The lowest BCUT2D eigenvalue weighted by Gasteiger charge is -2.06. The highest BCUT2D eigenvalue weighted by Gasteiger charge is 2.30. The van der Waals surface area contributed by atoms with Gasteiger partial charge in [-0.3, -0.25) is 4.99 Å². The Kier molecular flexibility index (Phi) is 3.99. The SMILES string of the molecule is FC(F)(F)c1cccc(N=CC(Cl)Cl)c1. The van der Waals surface area contributed by atoms with Crippen LogP contribution in [0.1, 0.15) is 5.56 Å². The Balaban J connectivity index is 2.93. The molecular weight excluding hydrogens is 250 g/mol. The van der Waals surface area contributed by atoms with Crippen molar-refractivity contribution >= 4 is 35.1 Å². The fraction of sp³-hybridized carbons (Fsp3) is 0.222. The lowest BCUT2D eigenvalue weighted by Crippen LogP contribution is -2.03. The van der Waals surface area contributed by atoms with Crippen LogP contribution in [0.25, 0.3) is 0 Å². The summed E-state index contributed by atoms with van der Waals surface area (Å²) in [5, 5.41) is 0. The van der Waals surface area contributed by atoms with Crippen LogP contribution < -0.4 is 0 Å². The molecule has 0 radical (unpaired) electrons. The van der Waals surface area contributed by atoms with Gasteiger partial charge in [-0.25, -0.2) is 0 Å². The third-order valence-electron chi connectivity index (χ3n) is 1.51. The van der Waals surface area contributed by atoms with Crippen LogP contribution in [0, 0.1) is 0 Å². The van der Waals surface area contributed by atoms with E-state index in [4.69, 9.17) is 23.2 Å². The zero-order chi connectivity index (χ0) is 11.5. The van der Waals surface area contributed by atoms with Gasteiger partial charge in [-0.1, -0.05) is 29.3 Å². The number of alkyl halides is 5. The summed E-state index contributed by atoms with van der Waals surface area (Å²) in [4.78, 5) is 2.86. The predicted octanol–water partition coefficient (Wildman–Crippen LogP) is 4.21. The van der Waals surface area contributed by atoms with Crippen molar-refractivity contribution in [2.75, 3.05) is 0 Å². The van der Waals surface area contributed by atoms with Crippen molar-refractivity contribution in [3.05, 3.63) is 29.8 Å². The minimum atomic E-state index is -4.37. The molecule has 0 atom stereocenters. The molecule has 0 heterocycles. The van der Waals surface area contributed by atoms with Crippen molar-refractivity contribution in [3.63, 3.8) is 0 Å². The van der Waals surface area contributed by atoms with Gasteiger partial charge in [0, 0.05) is 6.21 Å². The third-order valence-corrected chi connectivity index (χ3v) is 1.74. The van der Waals surface area contributed by atoms with E-state index >= 15 is 0 Å². The standard InChI is InChI=1S/C9H6Cl2F3N/c10-8(11)5-15-7-3-1-2-6(4-7)9(12,13)14/h1-5,8H. The maximum Gasteiger partial charge on any atom is 0.416 e. The summed E-state index contributed by atoms with van der Waals surface area (Å²) < 4.78 is 36.8. The van der Waals surface area contributed by atoms with Crippen molar-refractivity contribution in [1.82, 2.24) is 0 Å². The van der Waals surface area contributed by atoms with Crippen molar-refractivity contribution in [3.8, 4) is 0 Å². The molecule has 0 aliphatic carbocycles. The summed E-state index contributed by atoms with van der Waals surface area (Å²) in [6.45, 7) is 0. The Bertz CT molecular complexity index is 361. The molecule has 0 bridgehead atoms. The molecule has 0 unspecified atom stereocenters. The molecule has 1 aromatic rings. The topological polar surface area (TPSA) is 12.4 Å². The van der Waals surface area contributed by atoms with Gasteiger partial charge in [-0.05, 0) is 18.2 Å². The summed E-state index contributed by atoms with van der Waals surface area (Å²) in [5.74, 6) is 0. The normalized spacial score (nSPS) is 12.7. The molecule has 6 heteroatoms. The van der Waals surface area contributed by atoms with Gasteiger partial charge in [-0.15, -0.1) is 0 Å². The summed E-state index contributed by atoms with van der Waals surface area (Å²) in [5.41, 5.74) is -0.589. The second kappa shape index (κ2) is 4.86. The summed E-state index contributed by atoms with van der Waals surface area (Å²) in [6, 6.07) is 4.60. The first kappa shape index (κ1) is 12.3. The monoisotopic (exact) mass is 255 g/mol. The van der Waals surface area contributed by atoms with Gasteiger partial charge < -0.3 is 0 Å². The van der Waals surface area contributed by atoms with Gasteiger partial charge in [-0.2, -0.15) is 13.2 Å². The minimum Gasteiger partial charge on any atom is -0.258 e. The molecule has 0 spiro atoms. The fourth-order valence-corrected chi connectivity index (χ4v) is 1.02. The maximum absolute atomic E-state index is 12.3. The van der Waals surface area contributed by atoms with Crippen LogP contribution in [0.15, 0.2) is 29.3 Å². The van der Waals surface area contributed by atoms with Crippen molar-refractivity contribution in [2.24, 2.45) is 4.99 Å². The van der Waals surface area contributed by atoms with Gasteiger partial charge >= 0.3 is 6.18 Å². The average molecular weight is 256 g/mol. The van der Waals surface area contributed by atoms with E-state index in [0.29, 0.717) is 0 Å². The quantitative estimate of drug-likeness (QED) is 0.555. The van der Waals surface area contributed by atoms with Crippen molar-refractivity contribution in [1.29, 1.82) is 0 Å². The van der Waals surface area contributed by atoms with Crippen LogP contribution in [-0.4, -0.2) is 11.1 Å². The number of benzene rings is 1. The first-order valence-corrected chi connectivity index (χ1v) is 4.76. The first-order chi connectivity index (χ1) is 6.89. The molecule has 15 heavy (non-hydrogen) atoms. The Morgan fingerprint density at radius 3 is 2.47 bits per heavy atom. The van der Waals surface area contributed by atoms with Crippen LogP contribution in [0.3, 0.4) is 0 Å². The molecule has 1 aromatic carbocycles. The summed E-state index contributed by atoms with van der Waals surface area (Å²) in [7, 11) is 0. The molecule has 1 rings (SSSR count). The lowest BCUT2D eigenvalue weighted by molar-refractivity contribution is -0.137. The van der Waals surface area contributed by atoms with Crippen LogP contribution in [-0.2, 0) is 6.18 Å². The summed E-state index contributed by atoms with van der Waals surface area (Å²) >= 11 is 10.7. The molecule has 0 amide bonds. The fourth-order valence-electron chi connectivity index (χ4n) is 0.905. The van der Waals surface area contributed by atoms with Crippen molar-refractivity contribution in [2.45, 2.75) is 11.0 Å². The van der Waals surface area contributed by atoms with Crippen LogP contribution in [0.4, 0.5) is 18.9 Å². The lowest BCUT2D eigenvalue weighted by atomic mass is 10.2. The molecule has 0 saturated heterocycles. The molecule has 1 nitrogen and oxygen atoms in total. The highest BCUT2D eigenvalue weighted by atomic mass is 35.5. The average Bonchev–Trinajstić information content (AvgIpc) is 2.14. The van der Waals surface area contributed by atoms with Crippen LogP contribution in [0.5, 0.6) is 0 Å². The highest BCUT2D eigenvalue weighted by molar-refractivity contribution is 6.51. The molecule has 0 fully saturated rings. The zero-order valence-corrected chi connectivity index (χ0v) is 8.81. The number of halogens is 5. The molecule has 0 aromatic heterocycles. The Hall–Kier alpha value is -0.740. The Labute approximate surface area is 94.5 Å². The van der Waals surface area contributed by atoms with E-state index in [1.165, 1.54) is 12.1 Å². The molecule has 82 valence electrons. The number of nitrogens with zero attached hydrogens (tertiary/aromatic N) is 1. The number of aliphatic imine (C=N–C) groups is 1. The molecule has 0 N–H and O–H groups in total. The van der Waals surface area contributed by atoms with E-state index in [9.17, 15) is 13.2 Å². The molecule has 0 aliphatic rings. The van der Waals surface area contributed by atoms with Gasteiger partial charge in [0.05, 0.1) is 11.3 Å². The molecular formula is C9H6Cl2F3N. The van der Waals surface area contributed by atoms with E-state index in [0.717, 1.165) is 18.3 Å². The van der Waals surface area contributed by atoms with Crippen molar-refractivity contribution < 1.29 is 13.2 Å². The molecule has 0 aliphatic heterocycles. The third kappa shape index (κ3) is 4.10. The molecule has 0 saturated carbocycles. The maximum atomic E-state index is 12.3. The van der Waals surface area contributed by atoms with Gasteiger partial charge in [0.1, 0.15) is 4.84 Å².